The SMILES string of the molecule is CNC(COC1CCCCCC1)c1ccc(C)c(C)c1. The second kappa shape index (κ2) is 7.80. The van der Waals surface area contributed by atoms with Crippen molar-refractivity contribution in [1.29, 1.82) is 0 Å². The fourth-order valence-electron chi connectivity index (χ4n) is 2.97. The number of benzene rings is 1. The number of likely N-dealkylation sites (N-methyl/N-ethyl adjacent to an activating group) is 1. The van der Waals surface area contributed by atoms with Gasteiger partial charge in [-0.2, -0.15) is 0 Å². The first kappa shape index (κ1) is 15.5. The third-order valence-electron chi connectivity index (χ3n) is 4.58. The maximum Gasteiger partial charge on any atom is 0.0665 e. The summed E-state index contributed by atoms with van der Waals surface area (Å²) >= 11 is 0. The molecule has 0 aromatic heterocycles. The van der Waals surface area contributed by atoms with Crippen LogP contribution in [-0.2, 0) is 4.74 Å². The lowest BCUT2D eigenvalue weighted by Gasteiger charge is -2.22. The first-order valence-electron chi connectivity index (χ1n) is 8.06. The monoisotopic (exact) mass is 275 g/mol. The lowest BCUT2D eigenvalue weighted by Crippen LogP contribution is -2.25. The summed E-state index contributed by atoms with van der Waals surface area (Å²) in [7, 11) is 2.02. The Balaban J connectivity index is 1.92. The van der Waals surface area contributed by atoms with Crippen LogP contribution >= 0.6 is 0 Å². The van der Waals surface area contributed by atoms with Crippen LogP contribution in [0.3, 0.4) is 0 Å². The summed E-state index contributed by atoms with van der Waals surface area (Å²) in [6.45, 7) is 5.12. The Kier molecular flexibility index (Phi) is 6.06. The van der Waals surface area contributed by atoms with Crippen LogP contribution in [0, 0.1) is 13.8 Å². The van der Waals surface area contributed by atoms with E-state index in [0.29, 0.717) is 12.1 Å². The molecule has 1 aliphatic carbocycles. The van der Waals surface area contributed by atoms with Gasteiger partial charge >= 0.3 is 0 Å². The average molecular weight is 275 g/mol. The minimum absolute atomic E-state index is 0.303. The zero-order valence-electron chi connectivity index (χ0n) is 13.2. The predicted octanol–water partition coefficient (Wildman–Crippen LogP) is 4.30. The molecule has 1 N–H and O–H groups in total. The summed E-state index contributed by atoms with van der Waals surface area (Å²) < 4.78 is 6.18. The van der Waals surface area contributed by atoms with Crippen molar-refractivity contribution in [1.82, 2.24) is 5.32 Å². The molecule has 2 heteroatoms. The zero-order valence-corrected chi connectivity index (χ0v) is 13.2. The summed E-state index contributed by atoms with van der Waals surface area (Å²) in [5.41, 5.74) is 4.05. The molecule has 0 aliphatic heterocycles. The summed E-state index contributed by atoms with van der Waals surface area (Å²) in [6.07, 6.45) is 8.38. The van der Waals surface area contributed by atoms with Gasteiger partial charge < -0.3 is 10.1 Å². The highest BCUT2D eigenvalue weighted by molar-refractivity contribution is 5.31. The van der Waals surface area contributed by atoms with Crippen molar-refractivity contribution in [2.24, 2.45) is 0 Å². The van der Waals surface area contributed by atoms with Crippen molar-refractivity contribution >= 4 is 0 Å². The minimum Gasteiger partial charge on any atom is -0.376 e. The van der Waals surface area contributed by atoms with Gasteiger partial charge in [0.1, 0.15) is 0 Å². The predicted molar refractivity (Wildman–Crippen MR) is 85.2 cm³/mol. The van der Waals surface area contributed by atoms with Gasteiger partial charge in [-0.15, -0.1) is 0 Å². The van der Waals surface area contributed by atoms with E-state index >= 15 is 0 Å². The van der Waals surface area contributed by atoms with Crippen LogP contribution in [0.5, 0.6) is 0 Å². The van der Waals surface area contributed by atoms with Crippen LogP contribution in [0.1, 0.15) is 61.3 Å². The van der Waals surface area contributed by atoms with Crippen molar-refractivity contribution in [3.8, 4) is 0 Å². The normalized spacial score (nSPS) is 18.8. The highest BCUT2D eigenvalue weighted by Crippen LogP contribution is 2.22. The van der Waals surface area contributed by atoms with Gasteiger partial charge in [0, 0.05) is 0 Å². The fraction of sp³-hybridized carbons (Fsp3) is 0.667. The molecule has 2 rings (SSSR count). The van der Waals surface area contributed by atoms with Crippen LogP contribution < -0.4 is 5.32 Å². The van der Waals surface area contributed by atoms with Gasteiger partial charge in [0.05, 0.1) is 18.8 Å². The van der Waals surface area contributed by atoms with E-state index in [1.165, 1.54) is 55.2 Å². The van der Waals surface area contributed by atoms with Gasteiger partial charge in [-0.1, -0.05) is 43.9 Å². The molecular weight excluding hydrogens is 246 g/mol. The van der Waals surface area contributed by atoms with Gasteiger partial charge in [-0.25, -0.2) is 0 Å². The highest BCUT2D eigenvalue weighted by Gasteiger charge is 2.16. The van der Waals surface area contributed by atoms with Crippen molar-refractivity contribution < 1.29 is 4.74 Å². The van der Waals surface area contributed by atoms with Gasteiger partial charge in [0.2, 0.25) is 0 Å². The number of aryl methyl sites for hydroxylation is 2. The van der Waals surface area contributed by atoms with E-state index in [1.807, 2.05) is 7.05 Å². The summed E-state index contributed by atoms with van der Waals surface area (Å²) in [5.74, 6) is 0. The largest absolute Gasteiger partial charge is 0.376 e. The van der Waals surface area contributed by atoms with E-state index in [0.717, 1.165) is 6.61 Å². The number of hydrogen-bond donors (Lipinski definition) is 1. The molecule has 2 nitrogen and oxygen atoms in total. The maximum absolute atomic E-state index is 6.18. The van der Waals surface area contributed by atoms with E-state index < -0.39 is 0 Å². The van der Waals surface area contributed by atoms with E-state index in [-0.39, 0.29) is 0 Å². The number of ether oxygens (including phenoxy) is 1. The molecule has 0 saturated heterocycles. The highest BCUT2D eigenvalue weighted by atomic mass is 16.5. The molecule has 1 aromatic carbocycles. The van der Waals surface area contributed by atoms with Gasteiger partial charge in [0.25, 0.3) is 0 Å². The number of nitrogens with one attached hydrogen (secondary N) is 1. The van der Waals surface area contributed by atoms with Gasteiger partial charge in [-0.3, -0.25) is 0 Å². The standard InChI is InChI=1S/C18H29NO/c1-14-10-11-16(12-15(14)2)18(19-3)13-20-17-8-6-4-5-7-9-17/h10-12,17-19H,4-9,13H2,1-3H3. The smallest absolute Gasteiger partial charge is 0.0665 e. The molecule has 20 heavy (non-hydrogen) atoms. The zero-order chi connectivity index (χ0) is 14.4. The molecule has 112 valence electrons. The van der Waals surface area contributed by atoms with Crippen LogP contribution in [0.15, 0.2) is 18.2 Å². The molecule has 1 aliphatic rings. The summed E-state index contributed by atoms with van der Waals surface area (Å²) in [6, 6.07) is 7.02. The Morgan fingerprint density at radius 1 is 1.10 bits per heavy atom. The Hall–Kier alpha value is -0.860. The number of hydrogen-bond acceptors (Lipinski definition) is 2. The molecule has 0 bridgehead atoms. The third-order valence-corrected chi connectivity index (χ3v) is 4.58. The van der Waals surface area contributed by atoms with Crippen molar-refractivity contribution in [2.45, 2.75) is 64.5 Å². The Morgan fingerprint density at radius 3 is 2.40 bits per heavy atom. The Morgan fingerprint density at radius 2 is 1.80 bits per heavy atom. The molecule has 1 fully saturated rings. The Bertz CT molecular complexity index is 408. The molecule has 0 spiro atoms. The second-order valence-corrected chi connectivity index (χ2v) is 6.13. The molecule has 1 atom stereocenters. The third kappa shape index (κ3) is 4.32. The van der Waals surface area contributed by atoms with Crippen LogP contribution in [0.2, 0.25) is 0 Å². The van der Waals surface area contributed by atoms with Crippen LogP contribution in [0.4, 0.5) is 0 Å². The average Bonchev–Trinajstić information content (AvgIpc) is 2.72. The molecule has 0 heterocycles. The van der Waals surface area contributed by atoms with Crippen molar-refractivity contribution in [3.05, 3.63) is 34.9 Å². The topological polar surface area (TPSA) is 21.3 Å². The molecule has 1 unspecified atom stereocenters. The van der Waals surface area contributed by atoms with Crippen LogP contribution in [0.25, 0.3) is 0 Å². The second-order valence-electron chi connectivity index (χ2n) is 6.13. The quantitative estimate of drug-likeness (QED) is 0.809. The minimum atomic E-state index is 0.303. The van der Waals surface area contributed by atoms with Gasteiger partial charge in [0.15, 0.2) is 0 Å². The van der Waals surface area contributed by atoms with E-state index in [2.05, 4.69) is 37.4 Å². The van der Waals surface area contributed by atoms with Crippen molar-refractivity contribution in [3.63, 3.8) is 0 Å². The van der Waals surface area contributed by atoms with Crippen LogP contribution in [-0.4, -0.2) is 19.8 Å². The molecule has 0 amide bonds. The number of rotatable bonds is 5. The van der Waals surface area contributed by atoms with E-state index in [4.69, 9.17) is 4.74 Å². The first-order valence-corrected chi connectivity index (χ1v) is 8.06. The lowest BCUT2D eigenvalue weighted by molar-refractivity contribution is 0.0300. The molecule has 1 aromatic rings. The van der Waals surface area contributed by atoms with Gasteiger partial charge in [-0.05, 0) is 50.4 Å². The molecular formula is C18H29NO. The maximum atomic E-state index is 6.18. The summed E-state index contributed by atoms with van der Waals surface area (Å²) in [5, 5.41) is 3.40. The lowest BCUT2D eigenvalue weighted by atomic mass is 10.0. The first-order chi connectivity index (χ1) is 9.70. The van der Waals surface area contributed by atoms with Crippen molar-refractivity contribution in [2.75, 3.05) is 13.7 Å². The van der Waals surface area contributed by atoms with E-state index in [1.54, 1.807) is 0 Å². The Labute approximate surface area is 123 Å². The summed E-state index contributed by atoms with van der Waals surface area (Å²) in [4.78, 5) is 0. The molecule has 1 saturated carbocycles. The fourth-order valence-corrected chi connectivity index (χ4v) is 2.97. The van der Waals surface area contributed by atoms with E-state index in [9.17, 15) is 0 Å². The molecule has 0 radical (unpaired) electrons.